The molecule has 1 aromatic carbocycles. The smallest absolute Gasteiger partial charge is 0.228 e. The van der Waals surface area contributed by atoms with Crippen LogP contribution in [0.1, 0.15) is 6.42 Å². The molecule has 0 unspecified atom stereocenters. The van der Waals surface area contributed by atoms with Crippen molar-refractivity contribution < 1.29 is 9.53 Å². The molecule has 0 radical (unpaired) electrons. The lowest BCUT2D eigenvalue weighted by atomic mass is 10.3. The van der Waals surface area contributed by atoms with Gasteiger partial charge in [-0.25, -0.2) is 4.98 Å². The summed E-state index contributed by atoms with van der Waals surface area (Å²) in [6, 6.07) is 10.6. The second kappa shape index (κ2) is 6.91. The number of halogens is 1. The van der Waals surface area contributed by atoms with Gasteiger partial charge in [0, 0.05) is 22.4 Å². The number of hydrogen-bond donors (Lipinski definition) is 2. The molecule has 0 saturated carbocycles. The number of nitrogens with zero attached hydrogens (tertiary/aromatic N) is 1. The number of carbonyl (C=O) groups is 1. The van der Waals surface area contributed by atoms with Crippen LogP contribution < -0.4 is 15.8 Å². The maximum Gasteiger partial charge on any atom is 0.228 e. The molecule has 1 amide bonds. The third-order valence-electron chi connectivity index (χ3n) is 2.45. The Balaban J connectivity index is 1.76. The Morgan fingerprint density at radius 3 is 2.90 bits per heavy atom. The number of benzene rings is 1. The number of rotatable bonds is 5. The van der Waals surface area contributed by atoms with Crippen molar-refractivity contribution in [2.24, 2.45) is 0 Å². The summed E-state index contributed by atoms with van der Waals surface area (Å²) in [6.07, 6.45) is 1.87. The first-order valence-electron chi connectivity index (χ1n) is 6.03. The highest BCUT2D eigenvalue weighted by atomic mass is 79.9. The van der Waals surface area contributed by atoms with Gasteiger partial charge in [0.25, 0.3) is 0 Å². The van der Waals surface area contributed by atoms with Gasteiger partial charge in [0.1, 0.15) is 11.6 Å². The minimum absolute atomic E-state index is 0.149. The Bertz CT molecular complexity index is 587. The van der Waals surface area contributed by atoms with Crippen molar-refractivity contribution in [3.05, 3.63) is 47.1 Å². The molecule has 2 aromatic rings. The van der Waals surface area contributed by atoms with Gasteiger partial charge in [0.15, 0.2) is 0 Å². The molecule has 2 rings (SSSR count). The van der Waals surface area contributed by atoms with E-state index in [-0.39, 0.29) is 18.9 Å². The lowest BCUT2D eigenvalue weighted by molar-refractivity contribution is -0.116. The quantitative estimate of drug-likeness (QED) is 0.823. The van der Waals surface area contributed by atoms with Crippen LogP contribution in [0.4, 0.5) is 11.5 Å². The Morgan fingerprint density at radius 2 is 2.20 bits per heavy atom. The van der Waals surface area contributed by atoms with Crippen LogP contribution in [0.15, 0.2) is 47.1 Å². The highest BCUT2D eigenvalue weighted by Crippen LogP contribution is 2.14. The molecule has 1 heterocycles. The molecule has 6 heteroatoms. The monoisotopic (exact) mass is 335 g/mol. The summed E-state index contributed by atoms with van der Waals surface area (Å²) >= 11 is 3.28. The second-order valence-electron chi connectivity index (χ2n) is 4.08. The Morgan fingerprint density at radius 1 is 1.35 bits per heavy atom. The van der Waals surface area contributed by atoms with Crippen molar-refractivity contribution in [3.8, 4) is 5.75 Å². The fourth-order valence-electron chi connectivity index (χ4n) is 1.52. The highest BCUT2D eigenvalue weighted by Gasteiger charge is 2.04. The number of nitrogen functional groups attached to an aromatic ring is 1. The number of amides is 1. The normalized spacial score (nSPS) is 10.1. The van der Waals surface area contributed by atoms with Gasteiger partial charge in [-0.3, -0.25) is 4.79 Å². The molecule has 0 aliphatic rings. The van der Waals surface area contributed by atoms with Crippen LogP contribution in [0.3, 0.4) is 0 Å². The van der Waals surface area contributed by atoms with E-state index in [0.29, 0.717) is 17.3 Å². The van der Waals surface area contributed by atoms with Gasteiger partial charge in [0.05, 0.1) is 13.0 Å². The van der Waals surface area contributed by atoms with Crippen molar-refractivity contribution in [2.75, 3.05) is 17.7 Å². The first kappa shape index (κ1) is 14.3. The van der Waals surface area contributed by atoms with E-state index in [4.69, 9.17) is 10.5 Å². The van der Waals surface area contributed by atoms with Crippen LogP contribution in [-0.2, 0) is 4.79 Å². The van der Waals surface area contributed by atoms with E-state index in [1.165, 1.54) is 0 Å². The predicted molar refractivity (Wildman–Crippen MR) is 81.5 cm³/mol. The average Bonchev–Trinajstić information content (AvgIpc) is 2.41. The first-order chi connectivity index (χ1) is 9.63. The zero-order valence-electron chi connectivity index (χ0n) is 10.7. The minimum Gasteiger partial charge on any atom is -0.493 e. The van der Waals surface area contributed by atoms with E-state index in [1.807, 2.05) is 6.07 Å². The van der Waals surface area contributed by atoms with E-state index in [1.54, 1.807) is 36.5 Å². The van der Waals surface area contributed by atoms with Crippen molar-refractivity contribution in [1.82, 2.24) is 4.98 Å². The largest absolute Gasteiger partial charge is 0.493 e. The molecule has 0 aliphatic carbocycles. The molecule has 5 nitrogen and oxygen atoms in total. The minimum atomic E-state index is -0.149. The fraction of sp³-hybridized carbons (Fsp3) is 0.143. The molecule has 0 bridgehead atoms. The van der Waals surface area contributed by atoms with Gasteiger partial charge < -0.3 is 15.8 Å². The Labute approximate surface area is 125 Å². The zero-order valence-corrected chi connectivity index (χ0v) is 12.3. The van der Waals surface area contributed by atoms with Crippen molar-refractivity contribution in [1.29, 1.82) is 0 Å². The third kappa shape index (κ3) is 4.55. The van der Waals surface area contributed by atoms with E-state index >= 15 is 0 Å². The number of anilines is 2. The number of ether oxygens (including phenoxy) is 1. The van der Waals surface area contributed by atoms with Gasteiger partial charge in [-0.15, -0.1) is 0 Å². The number of nitrogens with two attached hydrogens (primary N) is 1. The SMILES string of the molecule is Nc1cccc(OCCC(=O)Nc2ccc(Br)cn2)c1. The standard InChI is InChI=1S/C14H14BrN3O2/c15-10-4-5-13(17-9-10)18-14(19)6-7-20-12-3-1-2-11(16)8-12/h1-5,8-9H,6-7,16H2,(H,17,18,19). The summed E-state index contributed by atoms with van der Waals surface area (Å²) in [5.41, 5.74) is 6.26. The molecule has 0 saturated heterocycles. The molecule has 0 spiro atoms. The number of carbonyl (C=O) groups excluding carboxylic acids is 1. The van der Waals surface area contributed by atoms with Gasteiger partial charge in [-0.2, -0.15) is 0 Å². The molecule has 3 N–H and O–H groups in total. The van der Waals surface area contributed by atoms with Crippen LogP contribution in [0.5, 0.6) is 5.75 Å². The van der Waals surface area contributed by atoms with Crippen molar-refractivity contribution in [2.45, 2.75) is 6.42 Å². The van der Waals surface area contributed by atoms with E-state index in [2.05, 4.69) is 26.2 Å². The number of aromatic nitrogens is 1. The number of pyridine rings is 1. The van der Waals surface area contributed by atoms with Crippen LogP contribution in [0.25, 0.3) is 0 Å². The summed E-state index contributed by atoms with van der Waals surface area (Å²) in [7, 11) is 0. The lowest BCUT2D eigenvalue weighted by Gasteiger charge is -2.07. The lowest BCUT2D eigenvalue weighted by Crippen LogP contribution is -2.15. The molecule has 1 aromatic heterocycles. The average molecular weight is 336 g/mol. The van der Waals surface area contributed by atoms with Crippen LogP contribution in [0.2, 0.25) is 0 Å². The Kier molecular flexibility index (Phi) is 4.95. The molecule has 0 aliphatic heterocycles. The van der Waals surface area contributed by atoms with Crippen LogP contribution >= 0.6 is 15.9 Å². The van der Waals surface area contributed by atoms with E-state index in [9.17, 15) is 4.79 Å². The summed E-state index contributed by atoms with van der Waals surface area (Å²) in [4.78, 5) is 15.7. The first-order valence-corrected chi connectivity index (χ1v) is 6.82. The predicted octanol–water partition coefficient (Wildman–Crippen LogP) is 2.83. The summed E-state index contributed by atoms with van der Waals surface area (Å²) in [5, 5.41) is 2.69. The third-order valence-corrected chi connectivity index (χ3v) is 2.92. The van der Waals surface area contributed by atoms with E-state index in [0.717, 1.165) is 4.47 Å². The number of nitrogens with one attached hydrogen (secondary N) is 1. The van der Waals surface area contributed by atoms with Gasteiger partial charge in [-0.1, -0.05) is 6.07 Å². The fourth-order valence-corrected chi connectivity index (χ4v) is 1.76. The van der Waals surface area contributed by atoms with Gasteiger partial charge in [-0.05, 0) is 40.2 Å². The summed E-state index contributed by atoms with van der Waals surface area (Å²) < 4.78 is 6.31. The highest BCUT2D eigenvalue weighted by molar-refractivity contribution is 9.10. The molecule has 20 heavy (non-hydrogen) atoms. The van der Waals surface area contributed by atoms with E-state index < -0.39 is 0 Å². The Hall–Kier alpha value is -2.08. The summed E-state index contributed by atoms with van der Waals surface area (Å²) in [6.45, 7) is 0.284. The maximum atomic E-state index is 11.7. The molecular formula is C14H14BrN3O2. The maximum absolute atomic E-state index is 11.7. The molecule has 104 valence electrons. The zero-order chi connectivity index (χ0) is 14.4. The van der Waals surface area contributed by atoms with Gasteiger partial charge in [0.2, 0.25) is 5.91 Å². The topological polar surface area (TPSA) is 77.2 Å². The van der Waals surface area contributed by atoms with Crippen LogP contribution in [-0.4, -0.2) is 17.5 Å². The molecular weight excluding hydrogens is 322 g/mol. The second-order valence-corrected chi connectivity index (χ2v) is 5.00. The van der Waals surface area contributed by atoms with Crippen LogP contribution in [0, 0.1) is 0 Å². The number of hydrogen-bond acceptors (Lipinski definition) is 4. The molecule has 0 fully saturated rings. The van der Waals surface area contributed by atoms with Crippen molar-refractivity contribution in [3.63, 3.8) is 0 Å². The molecule has 0 atom stereocenters. The van der Waals surface area contributed by atoms with Gasteiger partial charge >= 0.3 is 0 Å². The van der Waals surface area contributed by atoms with Crippen molar-refractivity contribution >= 4 is 33.3 Å². The summed E-state index contributed by atoms with van der Waals surface area (Å²) in [5.74, 6) is 1.02.